The summed E-state index contributed by atoms with van der Waals surface area (Å²) in [6.07, 6.45) is 3.02. The summed E-state index contributed by atoms with van der Waals surface area (Å²) < 4.78 is 0. The van der Waals surface area contributed by atoms with Gasteiger partial charge in [-0.25, -0.2) is 4.98 Å². The Hall–Kier alpha value is -3.98. The van der Waals surface area contributed by atoms with Crippen LogP contribution in [-0.4, -0.2) is 72.7 Å². The van der Waals surface area contributed by atoms with Crippen molar-refractivity contribution in [1.82, 2.24) is 30.0 Å². The highest BCUT2D eigenvalue weighted by Crippen LogP contribution is 2.45. The van der Waals surface area contributed by atoms with E-state index in [2.05, 4.69) is 20.2 Å². The molecule has 2 amide bonds. The third kappa shape index (κ3) is 3.67. The van der Waals surface area contributed by atoms with Gasteiger partial charge in [0.05, 0.1) is 22.3 Å². The zero-order valence-corrected chi connectivity index (χ0v) is 20.3. The summed E-state index contributed by atoms with van der Waals surface area (Å²) in [7, 11) is 0. The van der Waals surface area contributed by atoms with Gasteiger partial charge < -0.3 is 14.8 Å². The van der Waals surface area contributed by atoms with Crippen molar-refractivity contribution in [2.45, 2.75) is 25.3 Å². The van der Waals surface area contributed by atoms with Crippen molar-refractivity contribution in [3.8, 4) is 11.3 Å². The van der Waals surface area contributed by atoms with Gasteiger partial charge in [-0.05, 0) is 44.0 Å². The number of pyridine rings is 1. The largest absolute Gasteiger partial charge is 0.359 e. The number of carbonyl (C=O) groups excluding carboxylic acids is 3. The number of nitrogens with one attached hydrogen (secondary N) is 2. The predicted molar refractivity (Wildman–Crippen MR) is 134 cm³/mol. The summed E-state index contributed by atoms with van der Waals surface area (Å²) in [5.74, 6) is -1.29. The molecule has 1 aromatic carbocycles. The van der Waals surface area contributed by atoms with Gasteiger partial charge in [0, 0.05) is 42.7 Å². The number of aryl methyl sites for hydroxylation is 1. The molecule has 4 heterocycles. The van der Waals surface area contributed by atoms with Crippen LogP contribution in [0, 0.1) is 6.92 Å². The topological polar surface area (TPSA) is 115 Å². The number of halogens is 1. The monoisotopic (exact) mass is 502 g/mol. The van der Waals surface area contributed by atoms with Crippen molar-refractivity contribution in [3.63, 3.8) is 0 Å². The molecule has 0 bridgehead atoms. The van der Waals surface area contributed by atoms with Crippen LogP contribution in [-0.2, 0) is 4.79 Å². The van der Waals surface area contributed by atoms with E-state index in [1.807, 2.05) is 31.2 Å². The number of nitrogens with zero attached hydrogens (tertiary/aromatic N) is 4. The van der Waals surface area contributed by atoms with Crippen LogP contribution in [0.5, 0.6) is 0 Å². The number of aromatic nitrogens is 4. The van der Waals surface area contributed by atoms with E-state index in [0.717, 1.165) is 18.5 Å². The van der Waals surface area contributed by atoms with Gasteiger partial charge in [-0.3, -0.25) is 19.5 Å². The maximum absolute atomic E-state index is 13.5. The second-order valence-electron chi connectivity index (χ2n) is 9.46. The highest BCUT2D eigenvalue weighted by molar-refractivity contribution is 6.45. The molecule has 0 atom stereocenters. The first-order valence-corrected chi connectivity index (χ1v) is 12.1. The molecule has 3 aromatic heterocycles. The van der Waals surface area contributed by atoms with Crippen molar-refractivity contribution in [1.29, 1.82) is 0 Å². The van der Waals surface area contributed by atoms with Crippen LogP contribution in [0.1, 0.15) is 39.3 Å². The number of hydrogen-bond donors (Lipinski definition) is 2. The number of ketones is 1. The van der Waals surface area contributed by atoms with Crippen LogP contribution in [0.3, 0.4) is 0 Å². The van der Waals surface area contributed by atoms with Crippen LogP contribution in [0.25, 0.3) is 22.3 Å². The van der Waals surface area contributed by atoms with Crippen LogP contribution < -0.4 is 0 Å². The molecule has 0 unspecified atom stereocenters. The van der Waals surface area contributed by atoms with Crippen molar-refractivity contribution in [2.24, 2.45) is 0 Å². The number of rotatable bonds is 4. The minimum absolute atomic E-state index is 0.0584. The van der Waals surface area contributed by atoms with Gasteiger partial charge in [0.2, 0.25) is 0 Å². The van der Waals surface area contributed by atoms with Crippen LogP contribution in [0.4, 0.5) is 0 Å². The van der Waals surface area contributed by atoms with Gasteiger partial charge >= 0.3 is 0 Å². The van der Waals surface area contributed by atoms with E-state index in [1.54, 1.807) is 28.0 Å². The van der Waals surface area contributed by atoms with Gasteiger partial charge in [-0.1, -0.05) is 29.8 Å². The molecule has 4 aromatic rings. The smallest absolute Gasteiger partial charge is 0.295 e. The first-order chi connectivity index (χ1) is 17.4. The summed E-state index contributed by atoms with van der Waals surface area (Å²) in [6, 6.07) is 12.7. The number of aromatic amines is 2. The van der Waals surface area contributed by atoms with E-state index in [0.29, 0.717) is 47.5 Å². The first kappa shape index (κ1) is 22.5. The Bertz CT molecular complexity index is 1520. The van der Waals surface area contributed by atoms with E-state index in [9.17, 15) is 14.4 Å². The number of fused-ring (bicyclic) bond motifs is 1. The van der Waals surface area contributed by atoms with Gasteiger partial charge in [0.1, 0.15) is 10.7 Å². The second kappa shape index (κ2) is 8.30. The fourth-order valence-corrected chi connectivity index (χ4v) is 5.23. The molecule has 10 heteroatoms. The van der Waals surface area contributed by atoms with E-state index in [-0.39, 0.29) is 16.6 Å². The Morgan fingerprint density at radius 1 is 1.08 bits per heavy atom. The number of piperazine rings is 1. The SMILES string of the molecule is Cc1cc(-c2cc(Cl)nc3c(C(=O)C(=O)N4CCN(C(=O)c5ccccc5)CC45CC5)c[nH]c23)n[nH]1. The molecule has 1 saturated heterocycles. The molecule has 2 fully saturated rings. The molecule has 6 rings (SSSR count). The average molecular weight is 503 g/mol. The fourth-order valence-electron chi connectivity index (χ4n) is 5.04. The Morgan fingerprint density at radius 2 is 1.86 bits per heavy atom. The zero-order valence-electron chi connectivity index (χ0n) is 19.5. The van der Waals surface area contributed by atoms with Gasteiger partial charge in [0.25, 0.3) is 17.6 Å². The lowest BCUT2D eigenvalue weighted by Gasteiger charge is -2.41. The number of benzene rings is 1. The molecule has 9 nitrogen and oxygen atoms in total. The Labute approximate surface area is 211 Å². The number of Topliss-reactive ketones (excluding diaryl/α,β-unsaturated/α-hetero) is 1. The molecule has 1 aliphatic carbocycles. The standard InChI is InChI=1S/C26H23ClN6O3/c1-15-11-19(31-30-15)17-12-20(27)29-22-18(13-28-21(17)22)23(34)25(36)33-10-9-32(14-26(33)7-8-26)24(35)16-5-3-2-4-6-16/h2-6,11-13,28H,7-10,14H2,1H3,(H,30,31). The zero-order chi connectivity index (χ0) is 25.0. The summed E-state index contributed by atoms with van der Waals surface area (Å²) in [5, 5.41) is 7.38. The van der Waals surface area contributed by atoms with E-state index in [1.165, 1.54) is 6.20 Å². The van der Waals surface area contributed by atoms with Crippen LogP contribution >= 0.6 is 11.6 Å². The van der Waals surface area contributed by atoms with Crippen LogP contribution in [0.15, 0.2) is 48.7 Å². The molecule has 2 N–H and O–H groups in total. The van der Waals surface area contributed by atoms with E-state index < -0.39 is 17.2 Å². The molecule has 36 heavy (non-hydrogen) atoms. The lowest BCUT2D eigenvalue weighted by Crippen LogP contribution is -2.59. The fraction of sp³-hybridized carbons (Fsp3) is 0.269. The minimum atomic E-state index is -0.644. The highest BCUT2D eigenvalue weighted by atomic mass is 35.5. The Morgan fingerprint density at radius 3 is 2.56 bits per heavy atom. The summed E-state index contributed by atoms with van der Waals surface area (Å²) in [6.45, 7) is 2.98. The van der Waals surface area contributed by atoms with Gasteiger partial charge in [-0.15, -0.1) is 0 Å². The molecule has 1 aliphatic heterocycles. The lowest BCUT2D eigenvalue weighted by molar-refractivity contribution is -0.131. The Kier molecular flexibility index (Phi) is 5.19. The normalized spacial score (nSPS) is 16.5. The van der Waals surface area contributed by atoms with Crippen molar-refractivity contribution in [2.75, 3.05) is 19.6 Å². The quantitative estimate of drug-likeness (QED) is 0.251. The van der Waals surface area contributed by atoms with Gasteiger partial charge in [0.15, 0.2) is 0 Å². The van der Waals surface area contributed by atoms with E-state index >= 15 is 0 Å². The molecular weight excluding hydrogens is 480 g/mol. The molecule has 2 aliphatic rings. The van der Waals surface area contributed by atoms with Crippen molar-refractivity contribution >= 4 is 40.2 Å². The van der Waals surface area contributed by atoms with E-state index in [4.69, 9.17) is 11.6 Å². The second-order valence-corrected chi connectivity index (χ2v) is 9.84. The number of carbonyl (C=O) groups is 3. The summed E-state index contributed by atoms with van der Waals surface area (Å²) >= 11 is 6.29. The maximum Gasteiger partial charge on any atom is 0.295 e. The van der Waals surface area contributed by atoms with Crippen LogP contribution in [0.2, 0.25) is 5.15 Å². The number of H-pyrrole nitrogens is 2. The minimum Gasteiger partial charge on any atom is -0.359 e. The van der Waals surface area contributed by atoms with Gasteiger partial charge in [-0.2, -0.15) is 5.10 Å². The van der Waals surface area contributed by atoms with Crippen molar-refractivity contribution < 1.29 is 14.4 Å². The molecule has 0 radical (unpaired) electrons. The summed E-state index contributed by atoms with van der Waals surface area (Å²) in [4.78, 5) is 50.7. The number of hydrogen-bond acceptors (Lipinski definition) is 5. The Balaban J connectivity index is 1.27. The maximum atomic E-state index is 13.5. The third-order valence-corrected chi connectivity index (χ3v) is 7.25. The summed E-state index contributed by atoms with van der Waals surface area (Å²) in [5.41, 5.74) is 3.44. The number of amides is 2. The average Bonchev–Trinajstić information content (AvgIpc) is 3.30. The molecule has 182 valence electrons. The molecular formula is C26H23ClN6O3. The van der Waals surface area contributed by atoms with Crippen molar-refractivity contribution in [3.05, 3.63) is 70.6 Å². The predicted octanol–water partition coefficient (Wildman–Crippen LogP) is 3.61. The third-order valence-electron chi connectivity index (χ3n) is 7.06. The lowest BCUT2D eigenvalue weighted by atomic mass is 10.0. The first-order valence-electron chi connectivity index (χ1n) is 11.8. The molecule has 1 spiro atoms. The molecule has 1 saturated carbocycles. The highest BCUT2D eigenvalue weighted by Gasteiger charge is 2.55.